The molecule has 8 heteroatoms. The maximum Gasteiger partial charge on any atom is 0.269 e. The highest BCUT2D eigenvalue weighted by Crippen LogP contribution is 2.41. The lowest BCUT2D eigenvalue weighted by molar-refractivity contribution is -0.384. The molecule has 0 spiro atoms. The molecular weight excluding hydrogens is 414 g/mol. The first-order chi connectivity index (χ1) is 15.0. The molecule has 7 nitrogen and oxygen atoms in total. The highest BCUT2D eigenvalue weighted by molar-refractivity contribution is 7.89. The smallest absolute Gasteiger partial charge is 0.269 e. The number of rotatable bonds is 4. The van der Waals surface area contributed by atoms with E-state index in [-0.39, 0.29) is 10.6 Å². The van der Waals surface area contributed by atoms with Crippen molar-refractivity contribution >= 4 is 32.7 Å². The van der Waals surface area contributed by atoms with Crippen molar-refractivity contribution < 1.29 is 13.3 Å². The van der Waals surface area contributed by atoms with Crippen molar-refractivity contribution in [1.29, 1.82) is 0 Å². The third-order valence-electron chi connectivity index (χ3n) is 5.48. The van der Waals surface area contributed by atoms with Crippen molar-refractivity contribution in [3.8, 4) is 0 Å². The van der Waals surface area contributed by atoms with E-state index in [1.54, 1.807) is 12.3 Å². The molecule has 0 fully saturated rings. The number of benzene rings is 3. The molecule has 1 N–H and O–H groups in total. The van der Waals surface area contributed by atoms with Gasteiger partial charge in [0.05, 0.1) is 15.9 Å². The van der Waals surface area contributed by atoms with Gasteiger partial charge < -0.3 is 4.98 Å². The minimum absolute atomic E-state index is 0.00743. The van der Waals surface area contributed by atoms with E-state index in [1.165, 1.54) is 28.6 Å². The fourth-order valence-corrected chi connectivity index (χ4v) is 5.44. The van der Waals surface area contributed by atoms with Crippen LogP contribution in [0.4, 0.5) is 5.69 Å². The van der Waals surface area contributed by atoms with Crippen LogP contribution in [0.15, 0.2) is 90.1 Å². The van der Waals surface area contributed by atoms with Crippen LogP contribution in [0, 0.1) is 10.1 Å². The van der Waals surface area contributed by atoms with Gasteiger partial charge in [-0.05, 0) is 35.4 Å². The molecule has 0 unspecified atom stereocenters. The van der Waals surface area contributed by atoms with E-state index in [0.29, 0.717) is 0 Å². The lowest BCUT2D eigenvalue weighted by Gasteiger charge is -2.34. The number of nitrogens with zero attached hydrogens (tertiary/aromatic N) is 2. The number of non-ortho nitro benzene ring substituents is 1. The predicted octanol–water partition coefficient (Wildman–Crippen LogP) is 4.84. The number of nitro groups is 1. The number of hydrogen-bond acceptors (Lipinski definition) is 4. The third kappa shape index (κ3) is 3.08. The molecule has 1 atom stereocenters. The number of para-hydroxylation sites is 1. The molecule has 0 bridgehead atoms. The number of aromatic nitrogens is 1. The monoisotopic (exact) mass is 431 g/mol. The van der Waals surface area contributed by atoms with Gasteiger partial charge in [-0.2, -0.15) is 0 Å². The van der Waals surface area contributed by atoms with Crippen molar-refractivity contribution in [1.82, 2.24) is 9.29 Å². The molecule has 1 aromatic heterocycles. The molecule has 31 heavy (non-hydrogen) atoms. The molecule has 0 saturated heterocycles. The van der Waals surface area contributed by atoms with Crippen LogP contribution in [-0.2, 0) is 10.0 Å². The van der Waals surface area contributed by atoms with Gasteiger partial charge in [0, 0.05) is 41.0 Å². The van der Waals surface area contributed by atoms with E-state index in [0.717, 1.165) is 27.6 Å². The Hall–Kier alpha value is -3.91. The van der Waals surface area contributed by atoms with Gasteiger partial charge in [0.2, 0.25) is 0 Å². The summed E-state index contributed by atoms with van der Waals surface area (Å²) in [5.74, 6) is 0. The van der Waals surface area contributed by atoms with Gasteiger partial charge in [-0.1, -0.05) is 42.5 Å². The summed E-state index contributed by atoms with van der Waals surface area (Å²) >= 11 is 0. The van der Waals surface area contributed by atoms with Crippen LogP contribution in [0.3, 0.4) is 0 Å². The molecule has 4 aromatic rings. The zero-order valence-electron chi connectivity index (χ0n) is 16.2. The molecular formula is C23H17N3O4S. The Kier molecular flexibility index (Phi) is 4.37. The minimum atomic E-state index is -3.98. The van der Waals surface area contributed by atoms with Gasteiger partial charge in [0.1, 0.15) is 0 Å². The van der Waals surface area contributed by atoms with Crippen LogP contribution in [0.5, 0.6) is 0 Å². The number of aromatic amines is 1. The fourth-order valence-electron chi connectivity index (χ4n) is 3.99. The molecule has 0 saturated carbocycles. The Morgan fingerprint density at radius 3 is 2.39 bits per heavy atom. The van der Waals surface area contributed by atoms with Crippen molar-refractivity contribution in [2.24, 2.45) is 0 Å². The van der Waals surface area contributed by atoms with E-state index in [4.69, 9.17) is 0 Å². The maximum atomic E-state index is 13.6. The van der Waals surface area contributed by atoms with Crippen LogP contribution < -0.4 is 0 Å². The van der Waals surface area contributed by atoms with E-state index < -0.39 is 21.0 Å². The van der Waals surface area contributed by atoms with Crippen molar-refractivity contribution in [2.75, 3.05) is 0 Å². The standard InChI is InChI=1S/C23H17N3O4S/c27-26(28)17-9-11-18(12-10-17)31(29,30)25-14-13-16-5-1-2-6-19(16)23(25)21-15-24-22-8-4-3-7-20(21)22/h1-15,23-24H/t23-/m0/s1. The van der Waals surface area contributed by atoms with Gasteiger partial charge in [-0.25, -0.2) is 8.42 Å². The molecule has 5 rings (SSSR count). The van der Waals surface area contributed by atoms with Crippen LogP contribution in [0.25, 0.3) is 17.0 Å². The van der Waals surface area contributed by atoms with Crippen LogP contribution >= 0.6 is 0 Å². The molecule has 1 aliphatic rings. The Bertz CT molecular complexity index is 1440. The average molecular weight is 431 g/mol. The first-order valence-corrected chi connectivity index (χ1v) is 11.0. The number of H-pyrrole nitrogens is 1. The summed E-state index contributed by atoms with van der Waals surface area (Å²) < 4.78 is 28.6. The van der Waals surface area contributed by atoms with Gasteiger partial charge >= 0.3 is 0 Å². The van der Waals surface area contributed by atoms with E-state index >= 15 is 0 Å². The Labute approximate surface area is 178 Å². The van der Waals surface area contributed by atoms with Crippen LogP contribution in [0.2, 0.25) is 0 Å². The fraction of sp³-hybridized carbons (Fsp3) is 0.0435. The molecule has 0 aliphatic carbocycles. The topological polar surface area (TPSA) is 96.3 Å². The summed E-state index contributed by atoms with van der Waals surface area (Å²) in [7, 11) is -3.98. The summed E-state index contributed by atoms with van der Waals surface area (Å²) in [6.07, 6.45) is 5.17. The highest BCUT2D eigenvalue weighted by Gasteiger charge is 2.35. The lowest BCUT2D eigenvalue weighted by atomic mass is 9.92. The van der Waals surface area contributed by atoms with Gasteiger partial charge in [-0.15, -0.1) is 0 Å². The van der Waals surface area contributed by atoms with E-state index in [9.17, 15) is 18.5 Å². The van der Waals surface area contributed by atoms with Crippen molar-refractivity contribution in [3.63, 3.8) is 0 Å². The zero-order chi connectivity index (χ0) is 21.6. The van der Waals surface area contributed by atoms with Crippen molar-refractivity contribution in [3.05, 3.63) is 112 Å². The largest absolute Gasteiger partial charge is 0.361 e. The number of hydrogen-bond donors (Lipinski definition) is 1. The third-order valence-corrected chi connectivity index (χ3v) is 7.24. The Morgan fingerprint density at radius 1 is 0.903 bits per heavy atom. The zero-order valence-corrected chi connectivity index (χ0v) is 17.0. The second-order valence-corrected chi connectivity index (χ2v) is 9.07. The second kappa shape index (κ2) is 7.10. The van der Waals surface area contributed by atoms with Gasteiger partial charge in [-0.3, -0.25) is 14.4 Å². The SMILES string of the molecule is O=[N+]([O-])c1ccc(S(=O)(=O)N2C=Cc3ccccc3[C@H]2c2c[nH]c3ccccc23)cc1. The molecule has 3 aromatic carbocycles. The maximum absolute atomic E-state index is 13.6. The Balaban J connectivity index is 1.69. The number of sulfonamides is 1. The first-order valence-electron chi connectivity index (χ1n) is 9.58. The quantitative estimate of drug-likeness (QED) is 0.369. The molecule has 1 aliphatic heterocycles. The van der Waals surface area contributed by atoms with Crippen LogP contribution in [0.1, 0.15) is 22.7 Å². The number of nitrogens with one attached hydrogen (secondary N) is 1. The van der Waals surface area contributed by atoms with E-state index in [2.05, 4.69) is 4.98 Å². The highest BCUT2D eigenvalue weighted by atomic mass is 32.2. The van der Waals surface area contributed by atoms with Crippen molar-refractivity contribution in [2.45, 2.75) is 10.9 Å². The molecule has 2 heterocycles. The summed E-state index contributed by atoms with van der Waals surface area (Å²) in [6.45, 7) is 0. The summed E-state index contributed by atoms with van der Waals surface area (Å²) in [4.78, 5) is 13.6. The average Bonchev–Trinajstić information content (AvgIpc) is 3.22. The molecule has 0 radical (unpaired) electrons. The lowest BCUT2D eigenvalue weighted by Crippen LogP contribution is -2.33. The number of nitro benzene ring substituents is 1. The van der Waals surface area contributed by atoms with Crippen LogP contribution in [-0.4, -0.2) is 22.6 Å². The summed E-state index contributed by atoms with van der Waals surface area (Å²) in [6, 6.07) is 19.8. The van der Waals surface area contributed by atoms with Gasteiger partial charge in [0.25, 0.3) is 15.7 Å². The second-order valence-electron chi connectivity index (χ2n) is 7.22. The molecule has 0 amide bonds. The minimum Gasteiger partial charge on any atom is -0.361 e. The summed E-state index contributed by atoms with van der Waals surface area (Å²) in [5.41, 5.74) is 3.38. The number of fused-ring (bicyclic) bond motifs is 2. The Morgan fingerprint density at radius 2 is 1.61 bits per heavy atom. The van der Waals surface area contributed by atoms with E-state index in [1.807, 2.05) is 54.7 Å². The van der Waals surface area contributed by atoms with Gasteiger partial charge in [0.15, 0.2) is 0 Å². The molecule has 154 valence electrons. The normalized spacial score (nSPS) is 15.7. The predicted molar refractivity (Wildman–Crippen MR) is 118 cm³/mol. The first kappa shape index (κ1) is 19.1. The summed E-state index contributed by atoms with van der Waals surface area (Å²) in [5, 5.41) is 11.9.